The predicted octanol–water partition coefficient (Wildman–Crippen LogP) is 0.123. The average molecular weight is 194 g/mol. The van der Waals surface area contributed by atoms with Crippen LogP contribution in [0.5, 0.6) is 0 Å². The van der Waals surface area contributed by atoms with Gasteiger partial charge in [0, 0.05) is 0 Å². The van der Waals surface area contributed by atoms with Gasteiger partial charge in [-0.05, 0) is 0 Å². The van der Waals surface area contributed by atoms with Crippen LogP contribution in [0.4, 0.5) is 0 Å². The second-order valence-electron chi connectivity index (χ2n) is 1.33. The Hall–Kier alpha value is 1.52. The van der Waals surface area contributed by atoms with Crippen molar-refractivity contribution in [1.29, 1.82) is 0 Å². The van der Waals surface area contributed by atoms with Gasteiger partial charge < -0.3 is 0 Å². The Morgan fingerprint density at radius 1 is 0.667 bits per heavy atom. The van der Waals surface area contributed by atoms with Gasteiger partial charge in [0.1, 0.15) is 21.4 Å². The Balaban J connectivity index is 2.31. The zero-order valence-electron chi connectivity index (χ0n) is 2.87. The standard InChI is InChI=1S/Cl3H3Si3/c1-4-5(2)6(4)3/h4-6H. The molecule has 0 unspecified atom stereocenters. The monoisotopic (exact) mass is 192 g/mol. The molecule has 0 amide bonds. The summed E-state index contributed by atoms with van der Waals surface area (Å²) in [5.41, 5.74) is 0. The van der Waals surface area contributed by atoms with Crippen molar-refractivity contribution < 1.29 is 0 Å². The van der Waals surface area contributed by atoms with E-state index in [9.17, 15) is 0 Å². The lowest BCUT2D eigenvalue weighted by Crippen LogP contribution is -1.78. The number of rotatable bonds is 0. The molecule has 6 heteroatoms. The summed E-state index contributed by atoms with van der Waals surface area (Å²) >= 11 is 17.1. The van der Waals surface area contributed by atoms with Crippen LogP contribution in [0.3, 0.4) is 0 Å². The Bertz CT molecular complexity index is 42.8. The zero-order chi connectivity index (χ0) is 4.73. The molecule has 1 fully saturated rings. The summed E-state index contributed by atoms with van der Waals surface area (Å²) in [4.78, 5) is 0. The molecule has 0 aliphatic carbocycles. The molecule has 0 atom stereocenters. The maximum atomic E-state index is 5.69. The Labute approximate surface area is 54.7 Å². The van der Waals surface area contributed by atoms with Crippen molar-refractivity contribution in [1.82, 2.24) is 0 Å². The molecule has 0 spiro atoms. The smallest absolute Gasteiger partial charge is 0.149 e. The molecule has 6 heavy (non-hydrogen) atoms. The molecular weight excluding hydrogens is 191 g/mol. The van der Waals surface area contributed by atoms with Crippen LogP contribution in [0.2, 0.25) is 0 Å². The van der Waals surface area contributed by atoms with Crippen molar-refractivity contribution in [2.75, 3.05) is 0 Å². The lowest BCUT2D eigenvalue weighted by atomic mass is 27.0. The fourth-order valence-electron chi connectivity index (χ4n) is 0.208. The molecule has 36 valence electrons. The molecule has 1 aliphatic rings. The molecular formula is H3Cl3Si3. The van der Waals surface area contributed by atoms with E-state index in [-0.39, 0.29) is 0 Å². The van der Waals surface area contributed by atoms with Gasteiger partial charge in [-0.15, -0.1) is 0 Å². The second kappa shape index (κ2) is 1.80. The molecule has 1 saturated heterocycles. The van der Waals surface area contributed by atoms with Gasteiger partial charge in [-0.25, -0.2) is 0 Å². The van der Waals surface area contributed by atoms with Crippen molar-refractivity contribution in [3.63, 3.8) is 0 Å². The summed E-state index contributed by atoms with van der Waals surface area (Å²) in [7, 11) is -2.39. The highest BCUT2D eigenvalue weighted by molar-refractivity contribution is 8.18. The summed E-state index contributed by atoms with van der Waals surface area (Å²) in [6, 6.07) is 0. The predicted molar refractivity (Wildman–Crippen MR) is 39.0 cm³/mol. The van der Waals surface area contributed by atoms with Crippen molar-refractivity contribution in [3.05, 3.63) is 0 Å². The molecule has 0 aromatic rings. The molecule has 0 bridgehead atoms. The first kappa shape index (κ1) is 5.65. The van der Waals surface area contributed by atoms with Crippen LogP contribution in [0, 0.1) is 0 Å². The molecule has 0 aromatic carbocycles. The number of hydrogen-bond donors (Lipinski definition) is 0. The van der Waals surface area contributed by atoms with E-state index in [1.54, 1.807) is 0 Å². The van der Waals surface area contributed by atoms with E-state index in [1.165, 1.54) is 0 Å². The fraction of sp³-hybridized carbons (Fsp3) is 0. The Kier molecular flexibility index (Phi) is 1.69. The van der Waals surface area contributed by atoms with Crippen LogP contribution >= 0.6 is 33.2 Å². The topological polar surface area (TPSA) is 0 Å². The lowest BCUT2D eigenvalue weighted by Gasteiger charge is -1.57. The van der Waals surface area contributed by atoms with Gasteiger partial charge in [-0.1, -0.05) is 0 Å². The third-order valence-corrected chi connectivity index (χ3v) is 52.1. The third kappa shape index (κ3) is 0.850. The minimum Gasteiger partial charge on any atom is -0.177 e. The summed E-state index contributed by atoms with van der Waals surface area (Å²) in [6.07, 6.45) is 0. The van der Waals surface area contributed by atoms with Gasteiger partial charge >= 0.3 is 0 Å². The normalized spacial score (nSPS) is 55.5. The first-order valence-electron chi connectivity index (χ1n) is 1.65. The van der Waals surface area contributed by atoms with Crippen LogP contribution in [0.1, 0.15) is 0 Å². The van der Waals surface area contributed by atoms with E-state index in [4.69, 9.17) is 33.2 Å². The van der Waals surface area contributed by atoms with E-state index in [2.05, 4.69) is 0 Å². The van der Waals surface area contributed by atoms with Gasteiger partial charge in [0.2, 0.25) is 0 Å². The SMILES string of the molecule is Cl[SiH]1[SiH](Cl)[SiH]1Cl. The van der Waals surface area contributed by atoms with E-state index >= 15 is 0 Å². The number of hydrogen-bond acceptors (Lipinski definition) is 0. The van der Waals surface area contributed by atoms with Crippen LogP contribution in [-0.2, 0) is 0 Å². The fourth-order valence-corrected chi connectivity index (χ4v) is 50.7. The first-order valence-corrected chi connectivity index (χ1v) is 14.9. The van der Waals surface area contributed by atoms with Crippen molar-refractivity contribution in [2.24, 2.45) is 0 Å². The minimum absolute atomic E-state index is 0.796. The molecule has 0 nitrogen and oxygen atoms in total. The van der Waals surface area contributed by atoms with Crippen LogP contribution in [-0.4, -0.2) is 21.4 Å². The summed E-state index contributed by atoms with van der Waals surface area (Å²) < 4.78 is 0. The molecule has 1 heterocycles. The highest BCUT2D eigenvalue weighted by Gasteiger charge is 2.52. The third-order valence-electron chi connectivity index (χ3n) is 0.772. The first-order chi connectivity index (χ1) is 2.73. The highest BCUT2D eigenvalue weighted by atomic mass is 35.6. The number of halogens is 3. The van der Waals surface area contributed by atoms with Gasteiger partial charge in [0.05, 0.1) is 0 Å². The largest absolute Gasteiger partial charge is 0.177 e. The lowest BCUT2D eigenvalue weighted by molar-refractivity contribution is 4.16. The quantitative estimate of drug-likeness (QED) is 0.379. The van der Waals surface area contributed by atoms with Gasteiger partial charge in [-0.2, -0.15) is 33.2 Å². The summed E-state index contributed by atoms with van der Waals surface area (Å²) in [5.74, 6) is 0. The molecule has 0 N–H and O–H groups in total. The zero-order valence-corrected chi connectivity index (χ0v) is 8.60. The van der Waals surface area contributed by atoms with E-state index in [1.807, 2.05) is 0 Å². The van der Waals surface area contributed by atoms with Crippen molar-refractivity contribution in [2.45, 2.75) is 0 Å². The summed E-state index contributed by atoms with van der Waals surface area (Å²) in [6.45, 7) is 0. The molecule has 1 rings (SSSR count). The van der Waals surface area contributed by atoms with Crippen molar-refractivity contribution >= 4 is 54.7 Å². The van der Waals surface area contributed by atoms with E-state index in [0.717, 1.165) is 0 Å². The van der Waals surface area contributed by atoms with Gasteiger partial charge in [-0.3, -0.25) is 0 Å². The van der Waals surface area contributed by atoms with Gasteiger partial charge in [0.15, 0.2) is 0 Å². The van der Waals surface area contributed by atoms with E-state index < -0.39 is 21.4 Å². The van der Waals surface area contributed by atoms with Crippen LogP contribution in [0.25, 0.3) is 0 Å². The minimum atomic E-state index is -0.796. The highest BCUT2D eigenvalue weighted by Crippen LogP contribution is 2.26. The van der Waals surface area contributed by atoms with E-state index in [0.29, 0.717) is 0 Å². The maximum absolute atomic E-state index is 5.69. The Morgan fingerprint density at radius 3 is 0.833 bits per heavy atom. The molecule has 1 aliphatic heterocycles. The second-order valence-corrected chi connectivity index (χ2v) is 36.0. The molecule has 0 aromatic heterocycles. The molecule has 0 radical (unpaired) electrons. The summed E-state index contributed by atoms with van der Waals surface area (Å²) in [5, 5.41) is 0. The van der Waals surface area contributed by atoms with Crippen LogP contribution in [0.15, 0.2) is 0 Å². The van der Waals surface area contributed by atoms with Gasteiger partial charge in [0.25, 0.3) is 0 Å². The molecule has 0 saturated carbocycles. The maximum Gasteiger partial charge on any atom is 0.149 e. The van der Waals surface area contributed by atoms with Crippen LogP contribution < -0.4 is 0 Å². The van der Waals surface area contributed by atoms with Crippen molar-refractivity contribution in [3.8, 4) is 0 Å². The average Bonchev–Trinajstić information content (AvgIpc) is 1.94. The Morgan fingerprint density at radius 2 is 0.833 bits per heavy atom.